The second-order valence-electron chi connectivity index (χ2n) is 6.25. The minimum absolute atomic E-state index is 0.137. The number of imide groups is 1. The number of hydrogen-bond donors (Lipinski definition) is 3. The average molecular weight is 393 g/mol. The maximum absolute atomic E-state index is 12.0. The van der Waals surface area contributed by atoms with Gasteiger partial charge in [-0.3, -0.25) is 19.7 Å². The number of nitrogens with one attached hydrogen (secondary N) is 3. The third-order valence-corrected chi connectivity index (χ3v) is 3.31. The fraction of sp³-hybridized carbons (Fsp3) is 0.474. The zero-order valence-corrected chi connectivity index (χ0v) is 16.4. The Balaban J connectivity index is 2.31. The van der Waals surface area contributed by atoms with E-state index in [-0.39, 0.29) is 6.04 Å². The fourth-order valence-electron chi connectivity index (χ4n) is 1.95. The van der Waals surface area contributed by atoms with Crippen LogP contribution in [0, 0.1) is 0 Å². The molecule has 28 heavy (non-hydrogen) atoms. The number of carbonyl (C=O) groups excluding carboxylic acids is 4. The molecule has 3 N–H and O–H groups in total. The highest BCUT2D eigenvalue weighted by Gasteiger charge is 2.13. The summed E-state index contributed by atoms with van der Waals surface area (Å²) in [5.41, 5.74) is 0.360. The first-order chi connectivity index (χ1) is 13.3. The van der Waals surface area contributed by atoms with Crippen molar-refractivity contribution in [3.63, 3.8) is 0 Å². The summed E-state index contributed by atoms with van der Waals surface area (Å²) in [5, 5.41) is 6.87. The number of rotatable bonds is 10. The molecule has 0 aliphatic heterocycles. The number of hydrogen-bond acceptors (Lipinski definition) is 6. The van der Waals surface area contributed by atoms with Crippen molar-refractivity contribution in [2.45, 2.75) is 39.7 Å². The molecule has 1 aromatic carbocycles. The van der Waals surface area contributed by atoms with E-state index in [1.165, 1.54) is 0 Å². The highest BCUT2D eigenvalue weighted by molar-refractivity contribution is 5.97. The summed E-state index contributed by atoms with van der Waals surface area (Å²) in [4.78, 5) is 46.4. The Labute approximate surface area is 164 Å². The molecule has 0 heterocycles. The average Bonchev–Trinajstić information content (AvgIpc) is 2.64. The lowest BCUT2D eigenvalue weighted by Gasteiger charge is -2.10. The van der Waals surface area contributed by atoms with Gasteiger partial charge in [0.15, 0.2) is 6.61 Å². The molecule has 1 rings (SSSR count). The smallest absolute Gasteiger partial charge is 0.325 e. The maximum atomic E-state index is 12.0. The lowest BCUT2D eigenvalue weighted by molar-refractivity contribution is -0.147. The molecule has 0 aliphatic rings. The lowest BCUT2D eigenvalue weighted by Crippen LogP contribution is -2.44. The number of esters is 1. The molecule has 4 amide bonds. The molecular formula is C19H27N3O6. The van der Waals surface area contributed by atoms with Gasteiger partial charge in [-0.25, -0.2) is 4.79 Å². The first kappa shape index (κ1) is 22.9. The van der Waals surface area contributed by atoms with Crippen molar-refractivity contribution in [3.8, 4) is 5.75 Å². The predicted octanol–water partition coefficient (Wildman–Crippen LogP) is 1.37. The zero-order chi connectivity index (χ0) is 20.9. The van der Waals surface area contributed by atoms with Gasteiger partial charge >= 0.3 is 12.0 Å². The molecule has 9 nitrogen and oxygen atoms in total. The van der Waals surface area contributed by atoms with E-state index < -0.39 is 37.0 Å². The monoisotopic (exact) mass is 393 g/mol. The summed E-state index contributed by atoms with van der Waals surface area (Å²) in [7, 11) is 0. The van der Waals surface area contributed by atoms with Gasteiger partial charge in [0.2, 0.25) is 0 Å². The van der Waals surface area contributed by atoms with E-state index >= 15 is 0 Å². The lowest BCUT2D eigenvalue weighted by atomic mass is 10.2. The standard InChI is InChI=1S/C19H27N3O6/c1-4-5-10-27-15-8-6-14(7-9-15)18(25)20-11-17(24)28-12-16(23)22-19(26)21-13(2)3/h6-9,13H,4-5,10-12H2,1-3H3,(H,20,25)(H2,21,22,23,26). The second-order valence-corrected chi connectivity index (χ2v) is 6.25. The van der Waals surface area contributed by atoms with Crippen LogP contribution in [-0.2, 0) is 14.3 Å². The topological polar surface area (TPSA) is 123 Å². The van der Waals surface area contributed by atoms with Crippen LogP contribution in [0.3, 0.4) is 0 Å². The predicted molar refractivity (Wildman–Crippen MR) is 102 cm³/mol. The largest absolute Gasteiger partial charge is 0.494 e. The van der Waals surface area contributed by atoms with Crippen LogP contribution in [0.25, 0.3) is 0 Å². The first-order valence-corrected chi connectivity index (χ1v) is 9.08. The molecule has 0 aliphatic carbocycles. The quantitative estimate of drug-likeness (QED) is 0.408. The number of urea groups is 1. The zero-order valence-electron chi connectivity index (χ0n) is 16.4. The van der Waals surface area contributed by atoms with Gasteiger partial charge in [0.25, 0.3) is 11.8 Å². The van der Waals surface area contributed by atoms with Crippen molar-refractivity contribution in [2.24, 2.45) is 0 Å². The summed E-state index contributed by atoms with van der Waals surface area (Å²) in [6.45, 7) is 5.13. The van der Waals surface area contributed by atoms with Crippen molar-refractivity contribution < 1.29 is 28.7 Å². The van der Waals surface area contributed by atoms with Gasteiger partial charge in [-0.2, -0.15) is 0 Å². The van der Waals surface area contributed by atoms with Crippen molar-refractivity contribution in [1.82, 2.24) is 16.0 Å². The van der Waals surface area contributed by atoms with Gasteiger partial charge in [0.05, 0.1) is 6.61 Å². The molecule has 0 atom stereocenters. The number of unbranched alkanes of at least 4 members (excludes halogenated alkanes) is 1. The summed E-state index contributed by atoms with van der Waals surface area (Å²) in [5.74, 6) is -1.36. The molecule has 0 saturated heterocycles. The number of amides is 4. The molecule has 0 saturated carbocycles. The number of ether oxygens (including phenoxy) is 2. The Hall–Kier alpha value is -3.10. The molecule has 0 unspecified atom stereocenters. The van der Waals surface area contributed by atoms with Crippen LogP contribution in [0.4, 0.5) is 4.79 Å². The fourth-order valence-corrected chi connectivity index (χ4v) is 1.95. The highest BCUT2D eigenvalue weighted by Crippen LogP contribution is 2.12. The molecule has 9 heteroatoms. The van der Waals surface area contributed by atoms with Crippen molar-refractivity contribution in [2.75, 3.05) is 19.8 Å². The van der Waals surface area contributed by atoms with Gasteiger partial charge in [-0.1, -0.05) is 13.3 Å². The van der Waals surface area contributed by atoms with Crippen LogP contribution in [0.2, 0.25) is 0 Å². The summed E-state index contributed by atoms with van der Waals surface area (Å²) < 4.78 is 10.2. The van der Waals surface area contributed by atoms with E-state index in [9.17, 15) is 19.2 Å². The van der Waals surface area contributed by atoms with E-state index in [1.54, 1.807) is 38.1 Å². The minimum Gasteiger partial charge on any atom is -0.494 e. The van der Waals surface area contributed by atoms with Crippen molar-refractivity contribution in [1.29, 1.82) is 0 Å². The third-order valence-electron chi connectivity index (χ3n) is 3.31. The minimum atomic E-state index is -0.799. The van der Waals surface area contributed by atoms with E-state index in [2.05, 4.69) is 17.6 Å². The molecule has 0 radical (unpaired) electrons. The van der Waals surface area contributed by atoms with E-state index in [4.69, 9.17) is 9.47 Å². The maximum Gasteiger partial charge on any atom is 0.325 e. The highest BCUT2D eigenvalue weighted by atomic mass is 16.5. The number of benzene rings is 1. The van der Waals surface area contributed by atoms with Gasteiger partial charge in [-0.15, -0.1) is 0 Å². The molecular weight excluding hydrogens is 366 g/mol. The van der Waals surface area contributed by atoms with E-state index in [0.717, 1.165) is 12.8 Å². The second kappa shape index (κ2) is 12.3. The van der Waals surface area contributed by atoms with Crippen molar-refractivity contribution in [3.05, 3.63) is 29.8 Å². The van der Waals surface area contributed by atoms with E-state index in [0.29, 0.717) is 17.9 Å². The van der Waals surface area contributed by atoms with Crippen LogP contribution in [0.1, 0.15) is 44.0 Å². The Morgan fingerprint density at radius 1 is 1.07 bits per heavy atom. The van der Waals surface area contributed by atoms with Gasteiger partial charge in [-0.05, 0) is 44.5 Å². The van der Waals surface area contributed by atoms with Crippen LogP contribution in [0.5, 0.6) is 5.75 Å². The summed E-state index contributed by atoms with van der Waals surface area (Å²) in [6.07, 6.45) is 1.98. The SMILES string of the molecule is CCCCOc1ccc(C(=O)NCC(=O)OCC(=O)NC(=O)NC(C)C)cc1. The first-order valence-electron chi connectivity index (χ1n) is 9.08. The van der Waals surface area contributed by atoms with Gasteiger partial charge < -0.3 is 20.1 Å². The third kappa shape index (κ3) is 9.56. The Kier molecular flexibility index (Phi) is 10.1. The van der Waals surface area contributed by atoms with Crippen molar-refractivity contribution >= 4 is 23.8 Å². The molecule has 1 aromatic rings. The summed E-state index contributed by atoms with van der Waals surface area (Å²) in [6, 6.07) is 5.71. The van der Waals surface area contributed by atoms with Gasteiger partial charge in [0.1, 0.15) is 12.3 Å². The Morgan fingerprint density at radius 3 is 2.36 bits per heavy atom. The van der Waals surface area contributed by atoms with Crippen LogP contribution in [0.15, 0.2) is 24.3 Å². The normalized spacial score (nSPS) is 10.1. The molecule has 0 fully saturated rings. The van der Waals surface area contributed by atoms with Crippen LogP contribution in [-0.4, -0.2) is 49.6 Å². The van der Waals surface area contributed by atoms with Crippen LogP contribution >= 0.6 is 0 Å². The molecule has 0 bridgehead atoms. The number of carbonyl (C=O) groups is 4. The van der Waals surface area contributed by atoms with Gasteiger partial charge in [0, 0.05) is 11.6 Å². The Bertz CT molecular complexity index is 673. The van der Waals surface area contributed by atoms with E-state index in [1.807, 2.05) is 5.32 Å². The summed E-state index contributed by atoms with van der Waals surface area (Å²) >= 11 is 0. The molecule has 154 valence electrons. The Morgan fingerprint density at radius 2 is 1.75 bits per heavy atom. The molecule has 0 spiro atoms. The molecule has 0 aromatic heterocycles. The van der Waals surface area contributed by atoms with Crippen LogP contribution < -0.4 is 20.7 Å².